The fourth-order valence-corrected chi connectivity index (χ4v) is 4.85. The first-order valence-electron chi connectivity index (χ1n) is 9.32. The first-order valence-corrected chi connectivity index (χ1v) is 10.2. The number of esters is 1. The van der Waals surface area contributed by atoms with Gasteiger partial charge in [0.15, 0.2) is 0 Å². The van der Waals surface area contributed by atoms with Crippen LogP contribution < -0.4 is 10.5 Å². The zero-order valence-corrected chi connectivity index (χ0v) is 18.4. The van der Waals surface area contributed by atoms with Crippen LogP contribution in [0.1, 0.15) is 17.9 Å². The van der Waals surface area contributed by atoms with Crippen LogP contribution in [0.2, 0.25) is 0 Å². The number of nitriles is 1. The largest absolute Gasteiger partial charge is 0.497 e. The Bertz CT molecular complexity index is 1060. The molecule has 0 bridgehead atoms. The van der Waals surface area contributed by atoms with Crippen LogP contribution in [0, 0.1) is 11.3 Å². The van der Waals surface area contributed by atoms with E-state index in [-0.39, 0.29) is 29.3 Å². The van der Waals surface area contributed by atoms with E-state index in [9.17, 15) is 19.6 Å². The zero-order chi connectivity index (χ0) is 22.9. The number of benzene rings is 1. The molecule has 1 aromatic carbocycles. The molecule has 3 rings (SSSR count). The Labute approximate surface area is 184 Å². The van der Waals surface area contributed by atoms with Crippen LogP contribution in [0.25, 0.3) is 0 Å². The van der Waals surface area contributed by atoms with Crippen molar-refractivity contribution in [3.05, 3.63) is 51.8 Å². The number of nitrogens with zero attached hydrogens (tertiary/aromatic N) is 3. The van der Waals surface area contributed by atoms with Crippen molar-refractivity contribution in [2.45, 2.75) is 17.6 Å². The third-order valence-corrected chi connectivity index (χ3v) is 6.32. The molecule has 2 atom stereocenters. The maximum atomic E-state index is 13.3. The number of allylic oxidation sites excluding steroid dienone is 1. The monoisotopic (exact) mass is 442 g/mol. The van der Waals surface area contributed by atoms with Crippen LogP contribution in [-0.4, -0.2) is 61.1 Å². The van der Waals surface area contributed by atoms with E-state index in [2.05, 4.69) is 10.8 Å². The van der Waals surface area contributed by atoms with Gasteiger partial charge < -0.3 is 20.1 Å². The number of likely N-dealkylation sites (N-methyl/N-ethyl adjacent to an activating group) is 1. The van der Waals surface area contributed by atoms with E-state index >= 15 is 0 Å². The molecule has 2 aliphatic rings. The van der Waals surface area contributed by atoms with Crippen molar-refractivity contribution in [3.8, 4) is 11.8 Å². The van der Waals surface area contributed by atoms with Gasteiger partial charge in [-0.15, -0.1) is 0 Å². The van der Waals surface area contributed by atoms with Crippen LogP contribution in [0.15, 0.2) is 46.3 Å². The number of methoxy groups -OCH3 is 2. The summed E-state index contributed by atoms with van der Waals surface area (Å²) in [4.78, 5) is 40.6. The van der Waals surface area contributed by atoms with Gasteiger partial charge >= 0.3 is 5.97 Å². The summed E-state index contributed by atoms with van der Waals surface area (Å²) < 4.78 is 9.99. The molecule has 9 nitrogen and oxygen atoms in total. The van der Waals surface area contributed by atoms with Gasteiger partial charge in [-0.25, -0.2) is 0 Å². The molecule has 0 aromatic heterocycles. The summed E-state index contributed by atoms with van der Waals surface area (Å²) in [5.41, 5.74) is 7.22. The Morgan fingerprint density at radius 1 is 1.32 bits per heavy atom. The van der Waals surface area contributed by atoms with Crippen LogP contribution in [0.5, 0.6) is 5.75 Å². The Balaban J connectivity index is 2.24. The predicted octanol–water partition coefficient (Wildman–Crippen LogP) is 1.29. The van der Waals surface area contributed by atoms with E-state index in [0.717, 1.165) is 11.8 Å². The molecule has 2 aliphatic heterocycles. The molecule has 0 saturated carbocycles. The first kappa shape index (κ1) is 22.2. The maximum Gasteiger partial charge on any atom is 0.307 e. The van der Waals surface area contributed by atoms with E-state index in [1.54, 1.807) is 38.4 Å². The van der Waals surface area contributed by atoms with Gasteiger partial charge in [0.25, 0.3) is 5.91 Å². The fourth-order valence-electron chi connectivity index (χ4n) is 3.53. The smallest absolute Gasteiger partial charge is 0.307 e. The number of fused-ring (bicyclic) bond motifs is 1. The van der Waals surface area contributed by atoms with E-state index < -0.39 is 23.0 Å². The number of ether oxygens (including phenoxy) is 2. The lowest BCUT2D eigenvalue weighted by Gasteiger charge is -2.33. The second kappa shape index (κ2) is 8.73. The lowest BCUT2D eigenvalue weighted by molar-refractivity contribution is -0.142. The van der Waals surface area contributed by atoms with Gasteiger partial charge in [-0.05, 0) is 17.7 Å². The van der Waals surface area contributed by atoms with E-state index in [1.807, 2.05) is 0 Å². The fraction of sp³-hybridized carbons (Fsp3) is 0.333. The van der Waals surface area contributed by atoms with Gasteiger partial charge in [-0.2, -0.15) is 5.26 Å². The van der Waals surface area contributed by atoms with Gasteiger partial charge in [0, 0.05) is 14.1 Å². The third kappa shape index (κ3) is 3.84. The first-order chi connectivity index (χ1) is 14.7. The standard InChI is InChI=1S/C21H22N4O5S/c1-24(2)20(28)17-16(11-6-5-7-12(8-11)29-3)13(10-22)18(23)25-19(27)14(31-21(17)25)9-15(26)30-4/h5-8,14,16H,9,23H2,1-4H3/t14-,16+/m0/s1. The molecule has 162 valence electrons. The van der Waals surface area contributed by atoms with Crippen molar-refractivity contribution in [2.24, 2.45) is 5.73 Å². The molecule has 1 fully saturated rings. The lowest BCUT2D eigenvalue weighted by atomic mass is 9.82. The number of rotatable bonds is 5. The molecule has 2 amide bonds. The second-order valence-electron chi connectivity index (χ2n) is 7.10. The number of hydrogen-bond donors (Lipinski definition) is 1. The molecule has 10 heteroatoms. The highest BCUT2D eigenvalue weighted by molar-refractivity contribution is 8.04. The van der Waals surface area contributed by atoms with Crippen molar-refractivity contribution in [2.75, 3.05) is 28.3 Å². The number of thioether (sulfide) groups is 1. The van der Waals surface area contributed by atoms with Crippen LogP contribution >= 0.6 is 11.8 Å². The Hall–Kier alpha value is -3.45. The topological polar surface area (TPSA) is 126 Å². The van der Waals surface area contributed by atoms with Gasteiger partial charge in [0.2, 0.25) is 5.91 Å². The molecule has 2 heterocycles. The van der Waals surface area contributed by atoms with Gasteiger partial charge in [0.1, 0.15) is 16.8 Å². The summed E-state index contributed by atoms with van der Waals surface area (Å²) >= 11 is 1.08. The van der Waals surface area contributed by atoms with Crippen molar-refractivity contribution < 1.29 is 23.9 Å². The van der Waals surface area contributed by atoms with Crippen molar-refractivity contribution >= 4 is 29.5 Å². The molecule has 2 N–H and O–H groups in total. The summed E-state index contributed by atoms with van der Waals surface area (Å²) in [6.45, 7) is 0. The summed E-state index contributed by atoms with van der Waals surface area (Å²) in [5, 5.41) is 9.44. The molecule has 0 unspecified atom stereocenters. The normalized spacial score (nSPS) is 20.4. The summed E-state index contributed by atoms with van der Waals surface area (Å²) in [5.74, 6) is -1.69. The molecular weight excluding hydrogens is 420 g/mol. The minimum Gasteiger partial charge on any atom is -0.497 e. The van der Waals surface area contributed by atoms with E-state index in [1.165, 1.54) is 24.0 Å². The van der Waals surface area contributed by atoms with Crippen LogP contribution in [0.3, 0.4) is 0 Å². The minimum atomic E-state index is -0.810. The highest BCUT2D eigenvalue weighted by Crippen LogP contribution is 2.50. The molecule has 31 heavy (non-hydrogen) atoms. The SMILES string of the molecule is COC(=O)C[C@@H]1SC2=C(C(=O)N(C)C)[C@H](c3cccc(OC)c3)C(C#N)=C(N)N2C1=O. The number of hydrogen-bond acceptors (Lipinski definition) is 8. The molecule has 1 aromatic rings. The second-order valence-corrected chi connectivity index (χ2v) is 8.29. The van der Waals surface area contributed by atoms with Gasteiger partial charge in [-0.3, -0.25) is 19.3 Å². The Kier molecular flexibility index (Phi) is 6.27. The van der Waals surface area contributed by atoms with Crippen molar-refractivity contribution in [3.63, 3.8) is 0 Å². The lowest BCUT2D eigenvalue weighted by Crippen LogP contribution is -2.40. The van der Waals surface area contributed by atoms with E-state index in [0.29, 0.717) is 16.3 Å². The Morgan fingerprint density at radius 3 is 2.61 bits per heavy atom. The van der Waals surface area contributed by atoms with Gasteiger partial charge in [-0.1, -0.05) is 23.9 Å². The summed E-state index contributed by atoms with van der Waals surface area (Å²) in [6, 6.07) is 9.07. The highest BCUT2D eigenvalue weighted by Gasteiger charge is 2.48. The molecule has 0 spiro atoms. The average Bonchev–Trinajstić information content (AvgIpc) is 3.08. The van der Waals surface area contributed by atoms with Crippen LogP contribution in [0.4, 0.5) is 0 Å². The maximum absolute atomic E-state index is 13.3. The van der Waals surface area contributed by atoms with Crippen LogP contribution in [-0.2, 0) is 19.1 Å². The molecular formula is C21H22N4O5S. The number of carbonyl (C=O) groups excluding carboxylic acids is 3. The number of amides is 2. The highest BCUT2D eigenvalue weighted by atomic mass is 32.2. The average molecular weight is 442 g/mol. The molecule has 1 saturated heterocycles. The summed E-state index contributed by atoms with van der Waals surface area (Å²) in [7, 11) is 5.93. The van der Waals surface area contributed by atoms with E-state index in [4.69, 9.17) is 10.5 Å². The Morgan fingerprint density at radius 2 is 2.03 bits per heavy atom. The number of nitrogens with two attached hydrogens (primary N) is 1. The summed E-state index contributed by atoms with van der Waals surface area (Å²) in [6.07, 6.45) is -0.178. The molecule has 0 aliphatic carbocycles. The van der Waals surface area contributed by atoms with Crippen molar-refractivity contribution in [1.82, 2.24) is 9.80 Å². The molecule has 0 radical (unpaired) electrons. The predicted molar refractivity (Wildman–Crippen MR) is 113 cm³/mol. The quantitative estimate of drug-likeness (QED) is 0.676. The third-order valence-electron chi connectivity index (χ3n) is 5.04. The zero-order valence-electron chi connectivity index (χ0n) is 17.5. The van der Waals surface area contributed by atoms with Gasteiger partial charge in [0.05, 0.1) is 48.8 Å². The minimum absolute atomic E-state index is 0.0505. The van der Waals surface area contributed by atoms with Crippen molar-refractivity contribution in [1.29, 1.82) is 5.26 Å². The number of carbonyl (C=O) groups is 3.